The first-order chi connectivity index (χ1) is 13.6. The normalized spacial score (nSPS) is 11.8. The van der Waals surface area contributed by atoms with Crippen LogP contribution in [0.5, 0.6) is 0 Å². The number of ketones is 2. The molecule has 0 aliphatic heterocycles. The molecule has 4 nitrogen and oxygen atoms in total. The topological polar surface area (TPSA) is 63.6 Å². The Balaban J connectivity index is 2.09. The molecule has 0 aromatic heterocycles. The summed E-state index contributed by atoms with van der Waals surface area (Å²) in [6.45, 7) is 1.81. The zero-order valence-corrected chi connectivity index (χ0v) is 15.6. The van der Waals surface area contributed by atoms with Gasteiger partial charge >= 0.3 is 0 Å². The highest BCUT2D eigenvalue weighted by Gasteiger charge is 2.37. The van der Waals surface area contributed by atoms with Gasteiger partial charge in [-0.25, -0.2) is 0 Å². The van der Waals surface area contributed by atoms with Gasteiger partial charge in [0.2, 0.25) is 0 Å². The second kappa shape index (κ2) is 9.00. The Morgan fingerprint density at radius 3 is 1.64 bits per heavy atom. The Morgan fingerprint density at radius 1 is 0.750 bits per heavy atom. The molecule has 0 saturated heterocycles. The Labute approximate surface area is 164 Å². The van der Waals surface area contributed by atoms with Gasteiger partial charge in [-0.1, -0.05) is 95.7 Å². The van der Waals surface area contributed by atoms with E-state index in [0.29, 0.717) is 11.1 Å². The predicted molar refractivity (Wildman–Crippen MR) is 110 cm³/mol. The van der Waals surface area contributed by atoms with Gasteiger partial charge in [-0.2, -0.15) is 4.91 Å². The largest absolute Gasteiger partial charge is 0.293 e. The SMILES string of the molecule is Cc1ccc([C@@H](CN=O)C(C(=O)c2ccccc2)C(=O)c2ccccc2)cc1. The summed E-state index contributed by atoms with van der Waals surface area (Å²) in [7, 11) is 0. The van der Waals surface area contributed by atoms with E-state index in [4.69, 9.17) is 0 Å². The van der Waals surface area contributed by atoms with Crippen molar-refractivity contribution in [1.82, 2.24) is 0 Å². The lowest BCUT2D eigenvalue weighted by atomic mass is 9.77. The van der Waals surface area contributed by atoms with Crippen LogP contribution in [0.4, 0.5) is 0 Å². The molecule has 28 heavy (non-hydrogen) atoms. The van der Waals surface area contributed by atoms with Crippen molar-refractivity contribution >= 4 is 11.6 Å². The van der Waals surface area contributed by atoms with Crippen molar-refractivity contribution in [2.75, 3.05) is 6.54 Å². The molecule has 0 aliphatic carbocycles. The summed E-state index contributed by atoms with van der Waals surface area (Å²) in [5, 5.41) is 3.05. The monoisotopic (exact) mass is 371 g/mol. The van der Waals surface area contributed by atoms with E-state index in [1.54, 1.807) is 48.5 Å². The predicted octanol–water partition coefficient (Wildman–Crippen LogP) is 5.23. The van der Waals surface area contributed by atoms with Gasteiger partial charge in [0.1, 0.15) is 0 Å². The van der Waals surface area contributed by atoms with Crippen LogP contribution >= 0.6 is 0 Å². The smallest absolute Gasteiger partial charge is 0.174 e. The lowest BCUT2D eigenvalue weighted by Crippen LogP contribution is -2.32. The second-order valence-corrected chi connectivity index (χ2v) is 6.77. The molecule has 1 atom stereocenters. The highest BCUT2D eigenvalue weighted by atomic mass is 16.3. The number of carbonyl (C=O) groups excluding carboxylic acids is 2. The average molecular weight is 371 g/mol. The minimum absolute atomic E-state index is 0.148. The molecule has 0 radical (unpaired) electrons. The quantitative estimate of drug-likeness (QED) is 0.309. The van der Waals surface area contributed by atoms with E-state index in [9.17, 15) is 14.5 Å². The minimum atomic E-state index is -1.02. The molecule has 0 fully saturated rings. The van der Waals surface area contributed by atoms with Crippen molar-refractivity contribution < 1.29 is 9.59 Å². The van der Waals surface area contributed by atoms with Crippen LogP contribution in [0.15, 0.2) is 90.1 Å². The summed E-state index contributed by atoms with van der Waals surface area (Å²) < 4.78 is 0. The van der Waals surface area contributed by atoms with Gasteiger partial charge in [-0.15, -0.1) is 0 Å². The van der Waals surface area contributed by atoms with Gasteiger partial charge in [0.05, 0.1) is 12.5 Å². The maximum atomic E-state index is 13.4. The summed E-state index contributed by atoms with van der Waals surface area (Å²) in [6.07, 6.45) is 0. The summed E-state index contributed by atoms with van der Waals surface area (Å²) in [6, 6.07) is 24.9. The van der Waals surface area contributed by atoms with E-state index in [0.717, 1.165) is 11.1 Å². The number of aryl methyl sites for hydroxylation is 1. The molecule has 0 N–H and O–H groups in total. The summed E-state index contributed by atoms with van der Waals surface area (Å²) in [5.41, 5.74) is 2.70. The summed E-state index contributed by atoms with van der Waals surface area (Å²) >= 11 is 0. The fourth-order valence-electron chi connectivity index (χ4n) is 3.35. The van der Waals surface area contributed by atoms with E-state index in [1.165, 1.54) is 0 Å². The molecular formula is C24H21NO3. The fourth-order valence-corrected chi connectivity index (χ4v) is 3.35. The number of rotatable bonds is 8. The third-order valence-electron chi connectivity index (χ3n) is 4.86. The molecule has 0 unspecified atom stereocenters. The average Bonchev–Trinajstić information content (AvgIpc) is 2.75. The Hall–Kier alpha value is -3.40. The summed E-state index contributed by atoms with van der Waals surface area (Å²) in [5.74, 6) is -2.25. The van der Waals surface area contributed by atoms with Crippen LogP contribution in [0.1, 0.15) is 37.8 Å². The zero-order valence-electron chi connectivity index (χ0n) is 15.6. The molecule has 4 heteroatoms. The highest BCUT2D eigenvalue weighted by Crippen LogP contribution is 2.31. The molecule has 0 heterocycles. The van der Waals surface area contributed by atoms with Crippen LogP contribution in [-0.4, -0.2) is 18.1 Å². The molecule has 3 aromatic carbocycles. The number of hydrogen-bond donors (Lipinski definition) is 0. The maximum Gasteiger partial charge on any atom is 0.174 e. The first kappa shape index (κ1) is 19.4. The molecule has 3 aromatic rings. The van der Waals surface area contributed by atoms with Crippen LogP contribution in [0.2, 0.25) is 0 Å². The Bertz CT molecular complexity index is 899. The lowest BCUT2D eigenvalue weighted by molar-refractivity contribution is 0.0784. The van der Waals surface area contributed by atoms with Gasteiger partial charge in [0.25, 0.3) is 0 Å². The van der Waals surface area contributed by atoms with Crippen molar-refractivity contribution in [3.8, 4) is 0 Å². The van der Waals surface area contributed by atoms with E-state index >= 15 is 0 Å². The number of hydrogen-bond acceptors (Lipinski definition) is 4. The van der Waals surface area contributed by atoms with Gasteiger partial charge < -0.3 is 0 Å². The van der Waals surface area contributed by atoms with Crippen molar-refractivity contribution in [3.05, 3.63) is 112 Å². The molecule has 0 saturated carbocycles. The van der Waals surface area contributed by atoms with Crippen LogP contribution in [-0.2, 0) is 0 Å². The van der Waals surface area contributed by atoms with Crippen LogP contribution in [0.25, 0.3) is 0 Å². The number of carbonyl (C=O) groups is 2. The van der Waals surface area contributed by atoms with Gasteiger partial charge in [0, 0.05) is 17.0 Å². The van der Waals surface area contributed by atoms with Gasteiger partial charge in [-0.3, -0.25) is 9.59 Å². The summed E-state index contributed by atoms with van der Waals surface area (Å²) in [4.78, 5) is 37.9. The maximum absolute atomic E-state index is 13.4. The zero-order chi connectivity index (χ0) is 19.9. The molecule has 3 rings (SSSR count). The molecular weight excluding hydrogens is 350 g/mol. The first-order valence-electron chi connectivity index (χ1n) is 9.16. The Kier molecular flexibility index (Phi) is 6.22. The molecule has 140 valence electrons. The van der Waals surface area contributed by atoms with Gasteiger partial charge in [0.15, 0.2) is 11.6 Å². The minimum Gasteiger partial charge on any atom is -0.293 e. The van der Waals surface area contributed by atoms with Crippen molar-refractivity contribution in [3.63, 3.8) is 0 Å². The molecule has 0 bridgehead atoms. The van der Waals surface area contributed by atoms with Gasteiger partial charge in [-0.05, 0) is 12.5 Å². The first-order valence-corrected chi connectivity index (χ1v) is 9.16. The Morgan fingerprint density at radius 2 is 1.21 bits per heavy atom. The number of benzene rings is 3. The van der Waals surface area contributed by atoms with E-state index in [2.05, 4.69) is 5.18 Å². The van der Waals surface area contributed by atoms with Crippen LogP contribution in [0, 0.1) is 17.7 Å². The van der Waals surface area contributed by atoms with Crippen molar-refractivity contribution in [2.24, 2.45) is 11.1 Å². The highest BCUT2D eigenvalue weighted by molar-refractivity contribution is 6.16. The van der Waals surface area contributed by atoms with Crippen LogP contribution < -0.4 is 0 Å². The lowest BCUT2D eigenvalue weighted by Gasteiger charge is -2.24. The molecule has 0 spiro atoms. The fraction of sp³-hybridized carbons (Fsp3) is 0.167. The van der Waals surface area contributed by atoms with E-state index in [1.807, 2.05) is 43.3 Å². The van der Waals surface area contributed by atoms with Crippen molar-refractivity contribution in [2.45, 2.75) is 12.8 Å². The molecule has 0 aliphatic rings. The van der Waals surface area contributed by atoms with E-state index < -0.39 is 11.8 Å². The number of nitrogens with zero attached hydrogens (tertiary/aromatic N) is 1. The second-order valence-electron chi connectivity index (χ2n) is 6.77. The third kappa shape index (κ3) is 4.29. The number of Topliss-reactive ketones (excluding diaryl/α,β-unsaturated/α-hetero) is 2. The van der Waals surface area contributed by atoms with Crippen LogP contribution in [0.3, 0.4) is 0 Å². The van der Waals surface area contributed by atoms with Crippen molar-refractivity contribution in [1.29, 1.82) is 0 Å². The number of nitroso groups, excluding NO2 is 1. The van der Waals surface area contributed by atoms with E-state index in [-0.39, 0.29) is 18.1 Å². The third-order valence-corrected chi connectivity index (χ3v) is 4.86. The standard InChI is InChI=1S/C24H21NO3/c1-17-12-14-18(15-13-17)21(16-25-28)22(23(26)19-8-4-2-5-9-19)24(27)20-10-6-3-7-11-20/h2-15,21-22H,16H2,1H3/t21-/m1/s1. The molecule has 0 amide bonds.